The third-order valence-electron chi connectivity index (χ3n) is 2.96. The first-order chi connectivity index (χ1) is 8.52. The topological polar surface area (TPSA) is 55.9 Å². The van der Waals surface area contributed by atoms with Gasteiger partial charge in [0.1, 0.15) is 0 Å². The Morgan fingerprint density at radius 2 is 1.83 bits per heavy atom. The zero-order valence-corrected chi connectivity index (χ0v) is 11.1. The summed E-state index contributed by atoms with van der Waals surface area (Å²) in [5.74, 6) is 5.64. The summed E-state index contributed by atoms with van der Waals surface area (Å²) in [6.07, 6.45) is 1.96. The van der Waals surface area contributed by atoms with Gasteiger partial charge < -0.3 is 0 Å². The highest BCUT2D eigenvalue weighted by Gasteiger charge is 2.27. The lowest BCUT2D eigenvalue weighted by Gasteiger charge is -2.28. The van der Waals surface area contributed by atoms with E-state index in [1.807, 2.05) is 47.3 Å². The number of nitrogens with two attached hydrogens (primary N) is 1. The number of rotatable bonds is 3. The number of hydrogen-bond donors (Lipinski definition) is 2. The average Bonchev–Trinajstić information content (AvgIpc) is 2.78. The number of hydrogen-bond acceptors (Lipinski definition) is 3. The summed E-state index contributed by atoms with van der Waals surface area (Å²) in [6, 6.07) is 12.1. The Hall–Kier alpha value is -1.65. The van der Waals surface area contributed by atoms with Crippen LogP contribution in [-0.4, -0.2) is 9.78 Å². The fraction of sp³-hybridized carbons (Fsp3) is 0.357. The van der Waals surface area contributed by atoms with Gasteiger partial charge in [-0.05, 0) is 23.6 Å². The highest BCUT2D eigenvalue weighted by Crippen LogP contribution is 2.31. The summed E-state index contributed by atoms with van der Waals surface area (Å²) >= 11 is 0. The first kappa shape index (κ1) is 12.8. The van der Waals surface area contributed by atoms with E-state index in [2.05, 4.69) is 31.3 Å². The first-order valence-electron chi connectivity index (χ1n) is 6.09. The minimum atomic E-state index is 0.0185. The smallest absolute Gasteiger partial charge is 0.0817 e. The summed E-state index contributed by atoms with van der Waals surface area (Å²) in [5.41, 5.74) is 4.87. The van der Waals surface area contributed by atoms with E-state index in [0.717, 1.165) is 11.4 Å². The molecule has 1 aromatic heterocycles. The quantitative estimate of drug-likeness (QED) is 0.644. The summed E-state index contributed by atoms with van der Waals surface area (Å²) in [5, 5.41) is 4.59. The second-order valence-corrected chi connectivity index (χ2v) is 5.49. The van der Waals surface area contributed by atoms with Crippen LogP contribution in [0.3, 0.4) is 0 Å². The van der Waals surface area contributed by atoms with Crippen molar-refractivity contribution in [1.29, 1.82) is 0 Å². The van der Waals surface area contributed by atoms with Gasteiger partial charge in [0.2, 0.25) is 0 Å². The van der Waals surface area contributed by atoms with Crippen LogP contribution in [0.1, 0.15) is 32.5 Å². The fourth-order valence-electron chi connectivity index (χ4n) is 2.00. The van der Waals surface area contributed by atoms with E-state index in [1.54, 1.807) is 0 Å². The van der Waals surface area contributed by atoms with Gasteiger partial charge in [-0.2, -0.15) is 5.10 Å². The van der Waals surface area contributed by atoms with E-state index in [9.17, 15) is 0 Å². The molecule has 1 atom stereocenters. The van der Waals surface area contributed by atoms with E-state index in [-0.39, 0.29) is 11.5 Å². The van der Waals surface area contributed by atoms with Crippen molar-refractivity contribution in [2.75, 3.05) is 0 Å². The monoisotopic (exact) mass is 244 g/mol. The SMILES string of the molecule is CC(C)(C)C(NN)c1ccn(-c2ccccc2)n1. The van der Waals surface area contributed by atoms with Crippen molar-refractivity contribution < 1.29 is 0 Å². The van der Waals surface area contributed by atoms with Gasteiger partial charge in [-0.15, -0.1) is 0 Å². The summed E-state index contributed by atoms with van der Waals surface area (Å²) in [7, 11) is 0. The molecule has 0 fully saturated rings. The molecule has 0 aliphatic heterocycles. The molecule has 1 heterocycles. The molecular weight excluding hydrogens is 224 g/mol. The minimum absolute atomic E-state index is 0.0185. The predicted octanol–water partition coefficient (Wildman–Crippen LogP) is 2.42. The van der Waals surface area contributed by atoms with Crippen LogP contribution in [0.25, 0.3) is 5.69 Å². The Bertz CT molecular complexity index is 496. The summed E-state index contributed by atoms with van der Waals surface area (Å²) in [6.45, 7) is 6.41. The second-order valence-electron chi connectivity index (χ2n) is 5.49. The van der Waals surface area contributed by atoms with Crippen molar-refractivity contribution in [2.45, 2.75) is 26.8 Å². The van der Waals surface area contributed by atoms with Crippen molar-refractivity contribution >= 4 is 0 Å². The van der Waals surface area contributed by atoms with Crippen LogP contribution in [0.4, 0.5) is 0 Å². The van der Waals surface area contributed by atoms with Crippen LogP contribution in [-0.2, 0) is 0 Å². The van der Waals surface area contributed by atoms with Gasteiger partial charge >= 0.3 is 0 Å². The van der Waals surface area contributed by atoms with Crippen LogP contribution < -0.4 is 11.3 Å². The van der Waals surface area contributed by atoms with Crippen LogP contribution in [0, 0.1) is 5.41 Å². The van der Waals surface area contributed by atoms with Crippen LogP contribution >= 0.6 is 0 Å². The Kier molecular flexibility index (Phi) is 3.50. The van der Waals surface area contributed by atoms with Crippen molar-refractivity contribution in [3.8, 4) is 5.69 Å². The van der Waals surface area contributed by atoms with Crippen LogP contribution in [0.5, 0.6) is 0 Å². The molecule has 0 spiro atoms. The lowest BCUT2D eigenvalue weighted by Crippen LogP contribution is -2.37. The van der Waals surface area contributed by atoms with E-state index in [1.165, 1.54) is 0 Å². The normalized spacial score (nSPS) is 13.6. The Balaban J connectivity index is 2.31. The molecule has 1 unspecified atom stereocenters. The molecule has 0 saturated heterocycles. The van der Waals surface area contributed by atoms with Gasteiger partial charge in [-0.25, -0.2) is 4.68 Å². The predicted molar refractivity (Wildman–Crippen MR) is 73.1 cm³/mol. The van der Waals surface area contributed by atoms with Crippen LogP contribution in [0.15, 0.2) is 42.6 Å². The number of para-hydroxylation sites is 1. The molecule has 0 aliphatic rings. The Labute approximate surface area is 108 Å². The lowest BCUT2D eigenvalue weighted by atomic mass is 9.85. The van der Waals surface area contributed by atoms with Crippen molar-refractivity contribution in [2.24, 2.45) is 11.3 Å². The zero-order chi connectivity index (χ0) is 13.2. The number of nitrogens with one attached hydrogen (secondary N) is 1. The average molecular weight is 244 g/mol. The molecule has 0 aliphatic carbocycles. The van der Waals surface area contributed by atoms with Crippen molar-refractivity contribution in [1.82, 2.24) is 15.2 Å². The van der Waals surface area contributed by atoms with E-state index in [4.69, 9.17) is 5.84 Å². The van der Waals surface area contributed by atoms with Crippen LogP contribution in [0.2, 0.25) is 0 Å². The molecule has 1 aromatic carbocycles. The second kappa shape index (κ2) is 4.92. The summed E-state index contributed by atoms with van der Waals surface area (Å²) < 4.78 is 1.87. The molecule has 0 amide bonds. The molecule has 96 valence electrons. The Morgan fingerprint density at radius 3 is 2.39 bits per heavy atom. The third-order valence-corrected chi connectivity index (χ3v) is 2.96. The highest BCUT2D eigenvalue weighted by molar-refractivity contribution is 5.30. The molecule has 2 aromatic rings. The van der Waals surface area contributed by atoms with Gasteiger partial charge in [0.15, 0.2) is 0 Å². The number of nitrogens with zero attached hydrogens (tertiary/aromatic N) is 2. The molecule has 3 N–H and O–H groups in total. The molecule has 0 bridgehead atoms. The zero-order valence-electron chi connectivity index (χ0n) is 11.1. The van der Waals surface area contributed by atoms with Crippen molar-refractivity contribution in [3.05, 3.63) is 48.3 Å². The number of hydrazine groups is 1. The van der Waals surface area contributed by atoms with Gasteiger partial charge in [0.05, 0.1) is 17.4 Å². The highest BCUT2D eigenvalue weighted by atomic mass is 15.3. The third kappa shape index (κ3) is 2.60. The standard InChI is InChI=1S/C14H20N4/c1-14(2,3)13(16-15)12-9-10-18(17-12)11-7-5-4-6-8-11/h4-10,13,16H,15H2,1-3H3. The number of aromatic nitrogens is 2. The van der Waals surface area contributed by atoms with E-state index >= 15 is 0 Å². The first-order valence-corrected chi connectivity index (χ1v) is 6.09. The minimum Gasteiger partial charge on any atom is -0.271 e. The number of benzene rings is 1. The molecule has 18 heavy (non-hydrogen) atoms. The van der Waals surface area contributed by atoms with Gasteiger partial charge in [0.25, 0.3) is 0 Å². The van der Waals surface area contributed by atoms with E-state index < -0.39 is 0 Å². The molecule has 0 radical (unpaired) electrons. The molecule has 2 rings (SSSR count). The summed E-state index contributed by atoms with van der Waals surface area (Å²) in [4.78, 5) is 0. The maximum atomic E-state index is 5.64. The molecule has 0 saturated carbocycles. The van der Waals surface area contributed by atoms with Gasteiger partial charge in [-0.3, -0.25) is 11.3 Å². The maximum Gasteiger partial charge on any atom is 0.0817 e. The largest absolute Gasteiger partial charge is 0.271 e. The van der Waals surface area contributed by atoms with Gasteiger partial charge in [0, 0.05) is 6.20 Å². The molecule has 4 nitrogen and oxygen atoms in total. The molecular formula is C14H20N4. The Morgan fingerprint density at radius 1 is 1.17 bits per heavy atom. The van der Waals surface area contributed by atoms with Gasteiger partial charge in [-0.1, -0.05) is 39.0 Å². The van der Waals surface area contributed by atoms with E-state index in [0.29, 0.717) is 0 Å². The lowest BCUT2D eigenvalue weighted by molar-refractivity contribution is 0.269. The fourth-order valence-corrected chi connectivity index (χ4v) is 2.00. The maximum absolute atomic E-state index is 5.64. The molecule has 4 heteroatoms. The van der Waals surface area contributed by atoms with Crippen molar-refractivity contribution in [3.63, 3.8) is 0 Å².